The van der Waals surface area contributed by atoms with Gasteiger partial charge in [0.15, 0.2) is 10.8 Å². The molecule has 9 heteroatoms. The molecule has 0 saturated carbocycles. The molecule has 0 unspecified atom stereocenters. The fourth-order valence-corrected chi connectivity index (χ4v) is 4.21. The van der Waals surface area contributed by atoms with Gasteiger partial charge in [-0.05, 0) is 43.2 Å². The predicted octanol–water partition coefficient (Wildman–Crippen LogP) is 3.00. The van der Waals surface area contributed by atoms with E-state index in [2.05, 4.69) is 20.5 Å². The molecule has 0 atom stereocenters. The van der Waals surface area contributed by atoms with Gasteiger partial charge < -0.3 is 10.1 Å². The van der Waals surface area contributed by atoms with Crippen LogP contribution in [0.2, 0.25) is 0 Å². The first-order chi connectivity index (χ1) is 15.6. The lowest BCUT2D eigenvalue weighted by molar-refractivity contribution is -0.118. The van der Waals surface area contributed by atoms with Crippen LogP contribution in [0.25, 0.3) is 16.7 Å². The van der Waals surface area contributed by atoms with Crippen LogP contribution in [-0.4, -0.2) is 45.1 Å². The second-order valence-electron chi connectivity index (χ2n) is 7.20. The molecule has 0 aliphatic heterocycles. The topological polar surface area (TPSA) is 109 Å². The number of nitrogens with zero attached hydrogens (tertiary/aromatic N) is 3. The Labute approximate surface area is 189 Å². The summed E-state index contributed by atoms with van der Waals surface area (Å²) in [6.45, 7) is 2.43. The number of nitrogens with one attached hydrogen (secondary N) is 3. The van der Waals surface area contributed by atoms with Crippen molar-refractivity contribution in [2.24, 2.45) is 0 Å². The third-order valence-electron chi connectivity index (χ3n) is 5.02. The van der Waals surface area contributed by atoms with E-state index in [9.17, 15) is 4.79 Å². The SMILES string of the molecule is COc1ccc(-n2c(SCC(=O)NCCc3ccccc3)nc3n[nH]c(C)c3c2=N)cc1. The number of hydrogen-bond donors (Lipinski definition) is 3. The van der Waals surface area contributed by atoms with Gasteiger partial charge in [0.05, 0.1) is 18.2 Å². The van der Waals surface area contributed by atoms with Crippen LogP contribution in [0.4, 0.5) is 0 Å². The Morgan fingerprint density at radius 2 is 1.94 bits per heavy atom. The number of H-pyrrole nitrogens is 1. The fraction of sp³-hybridized carbons (Fsp3) is 0.217. The molecule has 2 heterocycles. The number of methoxy groups -OCH3 is 1. The van der Waals surface area contributed by atoms with Crippen molar-refractivity contribution < 1.29 is 9.53 Å². The third kappa shape index (κ3) is 4.67. The number of thioether (sulfide) groups is 1. The maximum atomic E-state index is 12.4. The average Bonchev–Trinajstić information content (AvgIpc) is 3.19. The Bertz CT molecular complexity index is 1280. The zero-order chi connectivity index (χ0) is 22.5. The summed E-state index contributed by atoms with van der Waals surface area (Å²) in [6.07, 6.45) is 0.775. The van der Waals surface area contributed by atoms with Crippen molar-refractivity contribution in [3.63, 3.8) is 0 Å². The molecule has 0 fully saturated rings. The highest BCUT2D eigenvalue weighted by Crippen LogP contribution is 2.23. The van der Waals surface area contributed by atoms with Crippen LogP contribution in [0.5, 0.6) is 5.75 Å². The van der Waals surface area contributed by atoms with E-state index < -0.39 is 0 Å². The highest BCUT2D eigenvalue weighted by Gasteiger charge is 2.16. The van der Waals surface area contributed by atoms with Gasteiger partial charge >= 0.3 is 0 Å². The maximum Gasteiger partial charge on any atom is 0.230 e. The van der Waals surface area contributed by atoms with Crippen molar-refractivity contribution in [2.45, 2.75) is 18.5 Å². The van der Waals surface area contributed by atoms with Crippen LogP contribution in [0.1, 0.15) is 11.3 Å². The van der Waals surface area contributed by atoms with E-state index in [1.165, 1.54) is 17.3 Å². The molecule has 0 bridgehead atoms. The van der Waals surface area contributed by atoms with Crippen molar-refractivity contribution in [1.82, 2.24) is 25.1 Å². The number of aromatic nitrogens is 4. The number of hydrogen-bond acceptors (Lipinski definition) is 6. The van der Waals surface area contributed by atoms with Gasteiger partial charge in [0.1, 0.15) is 11.2 Å². The summed E-state index contributed by atoms with van der Waals surface area (Å²) >= 11 is 1.28. The molecule has 8 nitrogen and oxygen atoms in total. The first-order valence-corrected chi connectivity index (χ1v) is 11.2. The lowest BCUT2D eigenvalue weighted by atomic mass is 10.1. The van der Waals surface area contributed by atoms with Gasteiger partial charge in [0.2, 0.25) is 5.91 Å². The average molecular weight is 449 g/mol. The summed E-state index contributed by atoms with van der Waals surface area (Å²) in [6, 6.07) is 17.4. The number of fused-ring (bicyclic) bond motifs is 1. The number of aromatic amines is 1. The molecule has 2 aromatic carbocycles. The largest absolute Gasteiger partial charge is 0.497 e. The van der Waals surface area contributed by atoms with Gasteiger partial charge in [-0.15, -0.1) is 0 Å². The number of carbonyl (C=O) groups excluding carboxylic acids is 1. The van der Waals surface area contributed by atoms with Crippen LogP contribution < -0.4 is 15.5 Å². The monoisotopic (exact) mass is 448 g/mol. The Balaban J connectivity index is 1.54. The van der Waals surface area contributed by atoms with Crippen molar-refractivity contribution >= 4 is 28.7 Å². The molecular formula is C23H24N6O2S. The van der Waals surface area contributed by atoms with E-state index in [-0.39, 0.29) is 17.1 Å². The van der Waals surface area contributed by atoms with Crippen LogP contribution >= 0.6 is 11.8 Å². The minimum Gasteiger partial charge on any atom is -0.497 e. The zero-order valence-electron chi connectivity index (χ0n) is 17.9. The summed E-state index contributed by atoms with van der Waals surface area (Å²) in [4.78, 5) is 17.1. The van der Waals surface area contributed by atoms with Crippen molar-refractivity contribution in [3.05, 3.63) is 71.3 Å². The lowest BCUT2D eigenvalue weighted by Gasteiger charge is -2.14. The van der Waals surface area contributed by atoms with Gasteiger partial charge in [0.25, 0.3) is 0 Å². The maximum absolute atomic E-state index is 12.4. The molecule has 0 aliphatic carbocycles. The van der Waals surface area contributed by atoms with Crippen molar-refractivity contribution in [3.8, 4) is 11.4 Å². The Kier molecular flexibility index (Phi) is 6.55. The van der Waals surface area contributed by atoms with Gasteiger partial charge in [-0.25, -0.2) is 4.98 Å². The molecule has 2 aromatic heterocycles. The smallest absolute Gasteiger partial charge is 0.230 e. The van der Waals surface area contributed by atoms with Gasteiger partial charge in [-0.3, -0.25) is 19.9 Å². The minimum absolute atomic E-state index is 0.0844. The van der Waals surface area contributed by atoms with Crippen LogP contribution in [0.3, 0.4) is 0 Å². The van der Waals surface area contributed by atoms with E-state index in [1.807, 2.05) is 61.5 Å². The molecule has 1 amide bonds. The third-order valence-corrected chi connectivity index (χ3v) is 5.96. The molecule has 0 radical (unpaired) electrons. The number of ether oxygens (including phenoxy) is 1. The van der Waals surface area contributed by atoms with Gasteiger partial charge in [0, 0.05) is 17.9 Å². The van der Waals surface area contributed by atoms with E-state index in [0.29, 0.717) is 22.7 Å². The Morgan fingerprint density at radius 1 is 1.19 bits per heavy atom. The number of carbonyl (C=O) groups is 1. The molecule has 3 N–H and O–H groups in total. The number of benzene rings is 2. The van der Waals surface area contributed by atoms with E-state index >= 15 is 0 Å². The van der Waals surface area contributed by atoms with Gasteiger partial charge in [-0.2, -0.15) is 5.10 Å². The van der Waals surface area contributed by atoms with E-state index in [0.717, 1.165) is 23.6 Å². The first-order valence-electron chi connectivity index (χ1n) is 10.2. The van der Waals surface area contributed by atoms with E-state index in [4.69, 9.17) is 10.1 Å². The van der Waals surface area contributed by atoms with Crippen LogP contribution in [-0.2, 0) is 11.2 Å². The highest BCUT2D eigenvalue weighted by atomic mass is 32.2. The van der Waals surface area contributed by atoms with Crippen LogP contribution in [0.15, 0.2) is 59.8 Å². The summed E-state index contributed by atoms with van der Waals surface area (Å²) < 4.78 is 6.97. The Hall–Kier alpha value is -3.59. The van der Waals surface area contributed by atoms with Crippen molar-refractivity contribution in [2.75, 3.05) is 19.4 Å². The summed E-state index contributed by atoms with van der Waals surface area (Å²) in [7, 11) is 1.61. The Morgan fingerprint density at radius 3 is 2.66 bits per heavy atom. The molecule has 4 aromatic rings. The molecule has 164 valence electrons. The molecule has 4 rings (SSSR count). The van der Waals surface area contributed by atoms with E-state index in [1.54, 1.807) is 11.7 Å². The van der Waals surface area contributed by atoms with Crippen molar-refractivity contribution in [1.29, 1.82) is 5.41 Å². The molecule has 32 heavy (non-hydrogen) atoms. The normalized spacial score (nSPS) is 10.9. The first kappa shape index (κ1) is 21.6. The summed E-state index contributed by atoms with van der Waals surface area (Å²) in [5, 5.41) is 20.0. The number of aryl methyl sites for hydroxylation is 1. The summed E-state index contributed by atoms with van der Waals surface area (Å²) in [5.74, 6) is 0.826. The standard InChI is InChI=1S/C23H24N6O2S/c1-15-20-21(24)29(17-8-10-18(31-2)11-9-17)23(26-22(20)28-27-15)32-14-19(30)25-13-12-16-6-4-3-5-7-16/h3-11,24H,12-14H2,1-2H3,(H,25,30)(H,27,28). The zero-order valence-corrected chi connectivity index (χ0v) is 18.7. The van der Waals surface area contributed by atoms with Crippen LogP contribution in [0, 0.1) is 12.3 Å². The molecule has 0 aliphatic rings. The summed E-state index contributed by atoms with van der Waals surface area (Å²) in [5.41, 5.74) is 3.44. The molecular weight excluding hydrogens is 424 g/mol. The molecule has 0 spiro atoms. The lowest BCUT2D eigenvalue weighted by Crippen LogP contribution is -2.28. The van der Waals surface area contributed by atoms with Gasteiger partial charge in [-0.1, -0.05) is 42.1 Å². The molecule has 0 saturated heterocycles. The number of rotatable bonds is 8. The quantitative estimate of drug-likeness (QED) is 0.284. The number of amides is 1. The predicted molar refractivity (Wildman–Crippen MR) is 124 cm³/mol. The highest BCUT2D eigenvalue weighted by molar-refractivity contribution is 7.99. The second-order valence-corrected chi connectivity index (χ2v) is 8.14. The minimum atomic E-state index is -0.0844. The fourth-order valence-electron chi connectivity index (χ4n) is 3.37. The second kappa shape index (κ2) is 9.69.